The fourth-order valence-corrected chi connectivity index (χ4v) is 6.93. The third-order valence-electron chi connectivity index (χ3n) is 10.7. The quantitative estimate of drug-likeness (QED) is 0.0246. The van der Waals surface area contributed by atoms with Gasteiger partial charge in [-0.3, -0.25) is 9.59 Å². The highest BCUT2D eigenvalue weighted by Gasteiger charge is 2.24. The van der Waals surface area contributed by atoms with Crippen LogP contribution in [0.15, 0.2) is 109 Å². The first-order valence-electron chi connectivity index (χ1n) is 25.1. The van der Waals surface area contributed by atoms with Crippen LogP contribution in [0.1, 0.15) is 207 Å². The first kappa shape index (κ1) is 58.5. The van der Waals surface area contributed by atoms with E-state index < -0.39 is 18.2 Å². The number of rotatable bonds is 43. The lowest BCUT2D eigenvalue weighted by Gasteiger charge is -2.24. The zero-order valence-electron chi connectivity index (χ0n) is 40.0. The van der Waals surface area contributed by atoms with Gasteiger partial charge in [-0.25, -0.2) is 0 Å². The van der Waals surface area contributed by atoms with Crippen LogP contribution >= 0.6 is 0 Å². The van der Waals surface area contributed by atoms with Gasteiger partial charge < -0.3 is 20.3 Å². The van der Waals surface area contributed by atoms with Crippen molar-refractivity contribution in [2.45, 2.75) is 225 Å². The van der Waals surface area contributed by atoms with E-state index in [2.05, 4.69) is 129 Å². The first-order valence-corrected chi connectivity index (χ1v) is 25.1. The van der Waals surface area contributed by atoms with Crippen LogP contribution < -0.4 is 5.32 Å². The van der Waals surface area contributed by atoms with Crippen LogP contribution in [-0.2, 0) is 14.3 Å². The number of carbonyl (C=O) groups is 2. The van der Waals surface area contributed by atoms with E-state index in [1.54, 1.807) is 0 Å². The van der Waals surface area contributed by atoms with Gasteiger partial charge in [0.15, 0.2) is 0 Å². The Morgan fingerprint density at radius 2 is 0.952 bits per heavy atom. The van der Waals surface area contributed by atoms with Gasteiger partial charge in [0, 0.05) is 6.42 Å². The van der Waals surface area contributed by atoms with E-state index in [9.17, 15) is 19.8 Å². The lowest BCUT2D eigenvalue weighted by molar-refractivity contribution is -0.150. The molecule has 3 N–H and O–H groups in total. The number of hydrogen-bond donors (Lipinski definition) is 3. The Morgan fingerprint density at radius 3 is 1.47 bits per heavy atom. The molecule has 0 bridgehead atoms. The molecule has 0 fully saturated rings. The largest absolute Gasteiger partial charge is 0.462 e. The fourth-order valence-electron chi connectivity index (χ4n) is 6.93. The highest BCUT2D eigenvalue weighted by Crippen LogP contribution is 2.17. The van der Waals surface area contributed by atoms with E-state index >= 15 is 0 Å². The average molecular weight is 860 g/mol. The lowest BCUT2D eigenvalue weighted by Crippen LogP contribution is -2.46. The summed E-state index contributed by atoms with van der Waals surface area (Å²) in [6.07, 6.45) is 65.8. The number of aliphatic hydroxyl groups excluding tert-OH is 2. The number of carbonyl (C=O) groups excluding carboxylic acids is 2. The molecule has 0 aliphatic heterocycles. The fraction of sp³-hybridized carbons (Fsp3) is 0.643. The Kier molecular flexibility index (Phi) is 45.8. The van der Waals surface area contributed by atoms with Crippen molar-refractivity contribution in [3.05, 3.63) is 109 Å². The van der Waals surface area contributed by atoms with Crippen molar-refractivity contribution in [2.24, 2.45) is 0 Å². The smallest absolute Gasteiger partial charge is 0.306 e. The standard InChI is InChI=1S/C56H93NO5/c1-4-7-10-13-16-19-22-24-25-26-27-28-29-31-34-37-40-43-46-49-56(61)62-52(47-44-41-38-35-33-30-23-20-17-14-11-8-5-2)50-55(60)57-53(51-58)54(59)48-45-42-39-36-32-21-18-15-12-9-6-3/h7-8,10-11,14,16-17,19-20,23-25,27-28,31,34,40,43,52-54,58-59H,4-6,9,12-13,15,18,21-22,26,29-30,32-33,35-39,41-42,44-51H2,1-3H3,(H,57,60)/b10-7-,11-8+,17-14+,19-16-,23-20+,25-24-,28-27-,34-31-,43-40-. The maximum atomic E-state index is 13.2. The molecule has 0 heterocycles. The highest BCUT2D eigenvalue weighted by molar-refractivity contribution is 5.77. The molecule has 0 aromatic rings. The molecule has 0 spiro atoms. The number of allylic oxidation sites excluding steroid dienone is 18. The molecule has 0 aliphatic rings. The summed E-state index contributed by atoms with van der Waals surface area (Å²) in [5.41, 5.74) is 0. The summed E-state index contributed by atoms with van der Waals surface area (Å²) >= 11 is 0. The van der Waals surface area contributed by atoms with E-state index in [4.69, 9.17) is 4.74 Å². The number of hydrogen-bond acceptors (Lipinski definition) is 5. The summed E-state index contributed by atoms with van der Waals surface area (Å²) in [6.45, 7) is 6.19. The van der Waals surface area contributed by atoms with Gasteiger partial charge in [-0.05, 0) is 83.5 Å². The van der Waals surface area contributed by atoms with Crippen LogP contribution in [-0.4, -0.2) is 46.9 Å². The van der Waals surface area contributed by atoms with Crippen LogP contribution in [0.5, 0.6) is 0 Å². The summed E-state index contributed by atoms with van der Waals surface area (Å²) in [4.78, 5) is 26.1. The zero-order valence-corrected chi connectivity index (χ0v) is 40.0. The van der Waals surface area contributed by atoms with Crippen molar-refractivity contribution < 1.29 is 24.5 Å². The van der Waals surface area contributed by atoms with Crippen LogP contribution in [0, 0.1) is 0 Å². The minimum absolute atomic E-state index is 0.0269. The van der Waals surface area contributed by atoms with Gasteiger partial charge in [-0.1, -0.05) is 220 Å². The van der Waals surface area contributed by atoms with Crippen molar-refractivity contribution >= 4 is 11.9 Å². The van der Waals surface area contributed by atoms with E-state index in [0.29, 0.717) is 19.3 Å². The molecule has 0 saturated heterocycles. The molecule has 6 nitrogen and oxygen atoms in total. The second-order valence-corrected chi connectivity index (χ2v) is 16.5. The molecular weight excluding hydrogens is 767 g/mol. The first-order chi connectivity index (χ1) is 30.5. The SMILES string of the molecule is CC/C=C\C/C=C\C/C=C\C/C=C\C/C=C\C/C=C\CCC(=O)OC(CCCCCCC/C=C/C=C/C=C/CC)CC(=O)NC(CO)C(O)CCCCCCCCCCCCC. The van der Waals surface area contributed by atoms with Gasteiger partial charge in [0.2, 0.25) is 5.91 Å². The maximum Gasteiger partial charge on any atom is 0.306 e. The van der Waals surface area contributed by atoms with Gasteiger partial charge in [0.05, 0.1) is 25.2 Å². The second kappa shape index (κ2) is 48.6. The van der Waals surface area contributed by atoms with Crippen molar-refractivity contribution in [2.75, 3.05) is 6.61 Å². The van der Waals surface area contributed by atoms with Gasteiger partial charge in [-0.2, -0.15) is 0 Å². The molecule has 6 heteroatoms. The average Bonchev–Trinajstić information content (AvgIpc) is 3.26. The van der Waals surface area contributed by atoms with E-state index in [1.807, 2.05) is 6.08 Å². The van der Waals surface area contributed by atoms with Gasteiger partial charge in [0.25, 0.3) is 0 Å². The predicted molar refractivity (Wildman–Crippen MR) is 268 cm³/mol. The number of esters is 1. The summed E-state index contributed by atoms with van der Waals surface area (Å²) < 4.78 is 5.87. The van der Waals surface area contributed by atoms with Crippen molar-refractivity contribution in [1.29, 1.82) is 0 Å². The van der Waals surface area contributed by atoms with Gasteiger partial charge in [-0.15, -0.1) is 0 Å². The second-order valence-electron chi connectivity index (χ2n) is 16.5. The molecule has 0 rings (SSSR count). The number of nitrogens with one attached hydrogen (secondary N) is 1. The Labute approximate surface area is 381 Å². The molecule has 0 aliphatic carbocycles. The molecule has 62 heavy (non-hydrogen) atoms. The molecule has 0 aromatic heterocycles. The van der Waals surface area contributed by atoms with E-state index in [0.717, 1.165) is 103 Å². The molecule has 0 aromatic carbocycles. The lowest BCUT2D eigenvalue weighted by atomic mass is 10.0. The van der Waals surface area contributed by atoms with Crippen LogP contribution in [0.2, 0.25) is 0 Å². The van der Waals surface area contributed by atoms with Crippen molar-refractivity contribution in [1.82, 2.24) is 5.32 Å². The van der Waals surface area contributed by atoms with E-state index in [1.165, 1.54) is 51.4 Å². The van der Waals surface area contributed by atoms with Crippen LogP contribution in [0.25, 0.3) is 0 Å². The normalized spacial score (nSPS) is 14.2. The highest BCUT2D eigenvalue weighted by atomic mass is 16.5. The number of ether oxygens (including phenoxy) is 1. The molecule has 3 unspecified atom stereocenters. The van der Waals surface area contributed by atoms with Crippen LogP contribution in [0.3, 0.4) is 0 Å². The van der Waals surface area contributed by atoms with Gasteiger partial charge in [0.1, 0.15) is 6.10 Å². The summed E-state index contributed by atoms with van der Waals surface area (Å²) in [5, 5.41) is 23.7. The Morgan fingerprint density at radius 1 is 0.500 bits per heavy atom. The molecule has 352 valence electrons. The van der Waals surface area contributed by atoms with Crippen LogP contribution in [0.4, 0.5) is 0 Å². The molecule has 3 atom stereocenters. The molecule has 1 amide bonds. The monoisotopic (exact) mass is 860 g/mol. The molecule has 0 saturated carbocycles. The zero-order chi connectivity index (χ0) is 45.2. The third kappa shape index (κ3) is 43.2. The third-order valence-corrected chi connectivity index (χ3v) is 10.7. The summed E-state index contributed by atoms with van der Waals surface area (Å²) in [7, 11) is 0. The van der Waals surface area contributed by atoms with E-state index in [-0.39, 0.29) is 31.3 Å². The summed E-state index contributed by atoms with van der Waals surface area (Å²) in [6, 6.07) is -0.729. The predicted octanol–water partition coefficient (Wildman–Crippen LogP) is 15.1. The minimum Gasteiger partial charge on any atom is -0.462 e. The number of aliphatic hydroxyl groups is 2. The van der Waals surface area contributed by atoms with Crippen molar-refractivity contribution in [3.8, 4) is 0 Å². The molecular formula is C56H93NO5. The number of amides is 1. The number of unbranched alkanes of at least 4 members (excludes halogenated alkanes) is 15. The Bertz CT molecular complexity index is 1280. The topological polar surface area (TPSA) is 95.9 Å². The van der Waals surface area contributed by atoms with Crippen molar-refractivity contribution in [3.63, 3.8) is 0 Å². The minimum atomic E-state index is -0.811. The Hall–Kier alpha value is -3.48. The Balaban J connectivity index is 4.74. The van der Waals surface area contributed by atoms with Gasteiger partial charge >= 0.3 is 5.97 Å². The summed E-state index contributed by atoms with van der Waals surface area (Å²) in [5.74, 6) is -0.605. The molecule has 0 radical (unpaired) electrons. The maximum absolute atomic E-state index is 13.2.